The van der Waals surface area contributed by atoms with Gasteiger partial charge in [0.2, 0.25) is 0 Å². The van der Waals surface area contributed by atoms with Crippen LogP contribution in [0.25, 0.3) is 0 Å². The number of benzene rings is 1. The monoisotopic (exact) mass is 465 g/mol. The van der Waals surface area contributed by atoms with Crippen LogP contribution in [0.3, 0.4) is 0 Å². The molecule has 1 heterocycles. The SMILES string of the molecule is CCNC(=NCC1(C)CCCO1)NCCS(=O)c1ccccc1.I. The highest BCUT2D eigenvalue weighted by Gasteiger charge is 2.29. The molecule has 0 aliphatic carbocycles. The Morgan fingerprint density at radius 3 is 2.71 bits per heavy atom. The third-order valence-corrected chi connectivity index (χ3v) is 5.18. The van der Waals surface area contributed by atoms with Gasteiger partial charge in [0.15, 0.2) is 5.96 Å². The molecule has 2 atom stereocenters. The second-order valence-corrected chi connectivity index (χ2v) is 7.46. The van der Waals surface area contributed by atoms with Crippen LogP contribution in [0.2, 0.25) is 0 Å². The Balaban J connectivity index is 0.00000288. The molecule has 2 unspecified atom stereocenters. The summed E-state index contributed by atoms with van der Waals surface area (Å²) >= 11 is 0. The second kappa shape index (κ2) is 11.0. The van der Waals surface area contributed by atoms with E-state index in [9.17, 15) is 4.21 Å². The highest BCUT2D eigenvalue weighted by atomic mass is 127. The predicted molar refractivity (Wildman–Crippen MR) is 111 cm³/mol. The Morgan fingerprint density at radius 1 is 1.33 bits per heavy atom. The van der Waals surface area contributed by atoms with E-state index in [0.29, 0.717) is 18.8 Å². The third kappa shape index (κ3) is 7.06. The zero-order valence-corrected chi connectivity index (χ0v) is 17.6. The van der Waals surface area contributed by atoms with Crippen molar-refractivity contribution in [1.29, 1.82) is 0 Å². The van der Waals surface area contributed by atoms with E-state index in [0.717, 1.165) is 36.8 Å². The smallest absolute Gasteiger partial charge is 0.191 e. The van der Waals surface area contributed by atoms with Crippen LogP contribution in [-0.2, 0) is 15.5 Å². The number of aliphatic imine (C=N–C) groups is 1. The number of ether oxygens (including phenoxy) is 1. The lowest BCUT2D eigenvalue weighted by atomic mass is 10.0. The predicted octanol–water partition coefficient (Wildman–Crippen LogP) is 2.54. The minimum absolute atomic E-state index is 0. The van der Waals surface area contributed by atoms with E-state index in [1.165, 1.54) is 0 Å². The van der Waals surface area contributed by atoms with E-state index < -0.39 is 10.8 Å². The minimum Gasteiger partial charge on any atom is -0.373 e. The standard InChI is InChI=1S/C17H27N3O2S.HI/c1-3-18-16(20-14-17(2)10-7-12-22-17)19-11-13-23(21)15-8-5-4-6-9-15;/h4-6,8-9H,3,7,10-14H2,1-2H3,(H2,18,19,20);1H. The topological polar surface area (TPSA) is 62.7 Å². The highest BCUT2D eigenvalue weighted by Crippen LogP contribution is 2.24. The van der Waals surface area contributed by atoms with Crippen molar-refractivity contribution in [3.05, 3.63) is 30.3 Å². The molecule has 2 N–H and O–H groups in total. The van der Waals surface area contributed by atoms with Crippen LogP contribution in [-0.4, -0.2) is 47.8 Å². The largest absolute Gasteiger partial charge is 0.373 e. The van der Waals surface area contributed by atoms with Gasteiger partial charge in [0.05, 0.1) is 22.9 Å². The molecule has 1 aromatic rings. The first-order valence-corrected chi connectivity index (χ1v) is 9.54. The molecule has 0 bridgehead atoms. The van der Waals surface area contributed by atoms with Gasteiger partial charge >= 0.3 is 0 Å². The summed E-state index contributed by atoms with van der Waals surface area (Å²) in [6, 6.07) is 9.55. The second-order valence-electron chi connectivity index (χ2n) is 5.89. The molecule has 24 heavy (non-hydrogen) atoms. The van der Waals surface area contributed by atoms with Crippen molar-refractivity contribution in [2.24, 2.45) is 4.99 Å². The summed E-state index contributed by atoms with van der Waals surface area (Å²) in [5.41, 5.74) is -0.144. The van der Waals surface area contributed by atoms with E-state index in [-0.39, 0.29) is 29.6 Å². The fraction of sp³-hybridized carbons (Fsp3) is 0.588. The van der Waals surface area contributed by atoms with Crippen LogP contribution in [0.4, 0.5) is 0 Å². The average Bonchev–Trinajstić information content (AvgIpc) is 3.00. The van der Waals surface area contributed by atoms with Gasteiger partial charge in [-0.3, -0.25) is 9.20 Å². The zero-order chi connectivity index (χ0) is 16.5. The molecule has 2 rings (SSSR count). The molecule has 7 heteroatoms. The van der Waals surface area contributed by atoms with Gasteiger partial charge < -0.3 is 15.4 Å². The lowest BCUT2D eigenvalue weighted by molar-refractivity contribution is 0.0283. The maximum Gasteiger partial charge on any atom is 0.191 e. The number of nitrogens with zero attached hydrogens (tertiary/aromatic N) is 1. The molecular weight excluding hydrogens is 437 g/mol. The number of hydrogen-bond acceptors (Lipinski definition) is 3. The summed E-state index contributed by atoms with van der Waals surface area (Å²) < 4.78 is 18.0. The first kappa shape index (κ1) is 21.4. The molecule has 1 fully saturated rings. The van der Waals surface area contributed by atoms with Gasteiger partial charge in [-0.1, -0.05) is 18.2 Å². The Bertz CT molecular complexity index is 534. The fourth-order valence-electron chi connectivity index (χ4n) is 2.50. The molecule has 1 aromatic carbocycles. The normalized spacial score (nSPS) is 21.8. The maximum absolute atomic E-state index is 12.2. The highest BCUT2D eigenvalue weighted by molar-refractivity contribution is 14.0. The quantitative estimate of drug-likeness (QED) is 0.369. The average molecular weight is 465 g/mol. The van der Waals surface area contributed by atoms with Crippen LogP contribution in [0.15, 0.2) is 40.2 Å². The van der Waals surface area contributed by atoms with Crippen LogP contribution in [0.5, 0.6) is 0 Å². The Hall–Kier alpha value is -0.670. The van der Waals surface area contributed by atoms with E-state index in [1.54, 1.807) is 0 Å². The van der Waals surface area contributed by atoms with Crippen molar-refractivity contribution in [2.45, 2.75) is 37.2 Å². The Labute approximate surface area is 164 Å². The molecule has 1 aliphatic rings. The Morgan fingerprint density at radius 2 is 2.08 bits per heavy atom. The number of halogens is 1. The van der Waals surface area contributed by atoms with Crippen molar-refractivity contribution in [3.63, 3.8) is 0 Å². The van der Waals surface area contributed by atoms with Crippen LogP contribution in [0.1, 0.15) is 26.7 Å². The number of rotatable bonds is 7. The van der Waals surface area contributed by atoms with E-state index in [2.05, 4.69) is 22.5 Å². The van der Waals surface area contributed by atoms with Gasteiger partial charge in [0.25, 0.3) is 0 Å². The molecule has 5 nitrogen and oxygen atoms in total. The summed E-state index contributed by atoms with van der Waals surface area (Å²) in [6.45, 7) is 7.02. The Kier molecular flexibility index (Phi) is 9.84. The fourth-order valence-corrected chi connectivity index (χ4v) is 3.49. The van der Waals surface area contributed by atoms with Crippen LogP contribution >= 0.6 is 24.0 Å². The summed E-state index contributed by atoms with van der Waals surface area (Å²) in [5.74, 6) is 1.32. The number of hydrogen-bond donors (Lipinski definition) is 2. The van der Waals surface area contributed by atoms with Gasteiger partial charge in [-0.25, -0.2) is 0 Å². The summed E-state index contributed by atoms with van der Waals surface area (Å²) in [5, 5.41) is 6.47. The summed E-state index contributed by atoms with van der Waals surface area (Å²) in [4.78, 5) is 5.47. The molecule has 0 spiro atoms. The number of nitrogens with one attached hydrogen (secondary N) is 2. The molecule has 136 valence electrons. The van der Waals surface area contributed by atoms with Gasteiger partial charge in [0.1, 0.15) is 0 Å². The molecule has 0 aromatic heterocycles. The van der Waals surface area contributed by atoms with Crippen molar-refractivity contribution in [3.8, 4) is 0 Å². The van der Waals surface area contributed by atoms with Crippen molar-refractivity contribution in [2.75, 3.05) is 32.0 Å². The van der Waals surface area contributed by atoms with Gasteiger partial charge in [-0.2, -0.15) is 0 Å². The summed E-state index contributed by atoms with van der Waals surface area (Å²) in [7, 11) is -0.988. The molecule has 0 amide bonds. The first-order valence-electron chi connectivity index (χ1n) is 8.22. The van der Waals surface area contributed by atoms with Crippen LogP contribution in [0, 0.1) is 0 Å². The molecule has 0 radical (unpaired) electrons. The zero-order valence-electron chi connectivity index (χ0n) is 14.4. The van der Waals surface area contributed by atoms with Crippen molar-refractivity contribution >= 4 is 40.7 Å². The van der Waals surface area contributed by atoms with E-state index in [4.69, 9.17) is 4.74 Å². The third-order valence-electron chi connectivity index (χ3n) is 3.80. The van der Waals surface area contributed by atoms with E-state index >= 15 is 0 Å². The van der Waals surface area contributed by atoms with E-state index in [1.807, 2.05) is 37.3 Å². The molecule has 1 aliphatic heterocycles. The number of guanidine groups is 1. The maximum atomic E-state index is 12.2. The molecular formula is C17H28IN3O2S. The van der Waals surface area contributed by atoms with Gasteiger partial charge in [-0.05, 0) is 38.8 Å². The lowest BCUT2D eigenvalue weighted by Crippen LogP contribution is -2.40. The summed E-state index contributed by atoms with van der Waals surface area (Å²) in [6.07, 6.45) is 2.15. The van der Waals surface area contributed by atoms with Gasteiger partial charge in [0, 0.05) is 30.3 Å². The minimum atomic E-state index is -0.988. The first-order chi connectivity index (χ1) is 11.1. The van der Waals surface area contributed by atoms with Crippen molar-refractivity contribution < 1.29 is 8.95 Å². The molecule has 1 saturated heterocycles. The lowest BCUT2D eigenvalue weighted by Gasteiger charge is -2.21. The van der Waals surface area contributed by atoms with Gasteiger partial charge in [-0.15, -0.1) is 24.0 Å². The molecule has 0 saturated carbocycles. The van der Waals surface area contributed by atoms with Crippen molar-refractivity contribution in [1.82, 2.24) is 10.6 Å². The van der Waals surface area contributed by atoms with Crippen LogP contribution < -0.4 is 10.6 Å².